The summed E-state index contributed by atoms with van der Waals surface area (Å²) in [6.07, 6.45) is 0.917. The van der Waals surface area contributed by atoms with Crippen LogP contribution in [0.4, 0.5) is 0 Å². The highest BCUT2D eigenvalue weighted by Crippen LogP contribution is 2.11. The largest absolute Gasteiger partial charge is 0.270 e. The second-order valence-electron chi connectivity index (χ2n) is 3.94. The van der Waals surface area contributed by atoms with Crippen molar-refractivity contribution in [2.24, 2.45) is 0 Å². The van der Waals surface area contributed by atoms with Gasteiger partial charge in [0.1, 0.15) is 0 Å². The van der Waals surface area contributed by atoms with Crippen LogP contribution < -0.4 is 5.56 Å². The molecule has 1 aromatic heterocycles. The van der Waals surface area contributed by atoms with E-state index in [2.05, 4.69) is 31.6 Å². The standard InChI is InChI=1S/C11H18N2OS/c1-4-5-13-11(14)9(7-15)6-10(12-13)8(2)3/h6,8,15H,4-5,7H2,1-3H3. The second-order valence-corrected chi connectivity index (χ2v) is 4.25. The van der Waals surface area contributed by atoms with Crippen LogP contribution in [0.5, 0.6) is 0 Å². The number of hydrogen-bond acceptors (Lipinski definition) is 3. The highest BCUT2D eigenvalue weighted by molar-refractivity contribution is 7.79. The first-order valence-electron chi connectivity index (χ1n) is 5.32. The van der Waals surface area contributed by atoms with Crippen molar-refractivity contribution in [3.8, 4) is 0 Å². The van der Waals surface area contributed by atoms with Crippen molar-refractivity contribution in [3.63, 3.8) is 0 Å². The van der Waals surface area contributed by atoms with Gasteiger partial charge in [-0.1, -0.05) is 20.8 Å². The minimum Gasteiger partial charge on any atom is -0.267 e. The van der Waals surface area contributed by atoms with E-state index < -0.39 is 0 Å². The fourth-order valence-corrected chi connectivity index (χ4v) is 1.60. The molecule has 84 valence electrons. The van der Waals surface area contributed by atoms with Crippen molar-refractivity contribution in [2.75, 3.05) is 0 Å². The van der Waals surface area contributed by atoms with Crippen molar-refractivity contribution in [2.45, 2.75) is 45.4 Å². The third-order valence-electron chi connectivity index (χ3n) is 2.26. The van der Waals surface area contributed by atoms with Gasteiger partial charge in [-0.3, -0.25) is 4.79 Å². The van der Waals surface area contributed by atoms with Gasteiger partial charge in [-0.25, -0.2) is 4.68 Å². The van der Waals surface area contributed by atoms with Crippen molar-refractivity contribution < 1.29 is 0 Å². The predicted molar refractivity (Wildman–Crippen MR) is 65.6 cm³/mol. The lowest BCUT2D eigenvalue weighted by atomic mass is 10.1. The summed E-state index contributed by atoms with van der Waals surface area (Å²) in [4.78, 5) is 11.8. The van der Waals surface area contributed by atoms with Crippen molar-refractivity contribution >= 4 is 12.6 Å². The lowest BCUT2D eigenvalue weighted by Crippen LogP contribution is -2.27. The van der Waals surface area contributed by atoms with Crippen LogP contribution in [-0.4, -0.2) is 9.78 Å². The van der Waals surface area contributed by atoms with Crippen LogP contribution in [0.3, 0.4) is 0 Å². The molecule has 0 fully saturated rings. The minimum absolute atomic E-state index is 0.00347. The van der Waals surface area contributed by atoms with Crippen molar-refractivity contribution in [3.05, 3.63) is 27.7 Å². The van der Waals surface area contributed by atoms with Gasteiger partial charge in [0.15, 0.2) is 0 Å². The quantitative estimate of drug-likeness (QED) is 0.799. The third-order valence-corrected chi connectivity index (χ3v) is 2.61. The zero-order valence-electron chi connectivity index (χ0n) is 9.53. The average molecular weight is 226 g/mol. The van der Waals surface area contributed by atoms with Crippen LogP contribution in [0.15, 0.2) is 10.9 Å². The molecule has 1 rings (SSSR count). The van der Waals surface area contributed by atoms with Crippen LogP contribution in [0, 0.1) is 0 Å². The number of hydrogen-bond donors (Lipinski definition) is 1. The molecule has 0 radical (unpaired) electrons. The van der Waals surface area contributed by atoms with E-state index in [4.69, 9.17) is 0 Å². The Labute approximate surface area is 95.9 Å². The Bertz CT molecular complexity index is 385. The predicted octanol–water partition coefficient (Wildman–Crippen LogP) is 2.21. The van der Waals surface area contributed by atoms with Gasteiger partial charge in [0.2, 0.25) is 0 Å². The molecular formula is C11H18N2OS. The fourth-order valence-electron chi connectivity index (χ4n) is 1.38. The summed E-state index contributed by atoms with van der Waals surface area (Å²) in [5.74, 6) is 0.817. The van der Waals surface area contributed by atoms with Crippen molar-refractivity contribution in [1.82, 2.24) is 9.78 Å². The van der Waals surface area contributed by atoms with Gasteiger partial charge < -0.3 is 0 Å². The molecular weight excluding hydrogens is 208 g/mol. The Kier molecular flexibility index (Phi) is 4.39. The van der Waals surface area contributed by atoms with Crippen LogP contribution in [0.2, 0.25) is 0 Å². The molecule has 0 aromatic carbocycles. The van der Waals surface area contributed by atoms with Gasteiger partial charge >= 0.3 is 0 Å². The van der Waals surface area contributed by atoms with E-state index in [1.807, 2.05) is 13.0 Å². The molecule has 1 aromatic rings. The lowest BCUT2D eigenvalue weighted by molar-refractivity contribution is 0.543. The summed E-state index contributed by atoms with van der Waals surface area (Å²) in [6.45, 7) is 6.87. The molecule has 0 unspecified atom stereocenters. The van der Waals surface area contributed by atoms with Gasteiger partial charge in [0.05, 0.1) is 5.69 Å². The van der Waals surface area contributed by atoms with Crippen LogP contribution in [-0.2, 0) is 12.3 Å². The van der Waals surface area contributed by atoms with E-state index in [9.17, 15) is 4.79 Å². The molecule has 0 spiro atoms. The van der Waals surface area contributed by atoms with E-state index in [0.717, 1.165) is 17.7 Å². The summed E-state index contributed by atoms with van der Waals surface area (Å²) < 4.78 is 1.56. The van der Waals surface area contributed by atoms with Gasteiger partial charge in [-0.15, -0.1) is 0 Å². The summed E-state index contributed by atoms with van der Waals surface area (Å²) >= 11 is 4.17. The van der Waals surface area contributed by atoms with E-state index in [1.165, 1.54) is 0 Å². The van der Waals surface area contributed by atoms with E-state index in [-0.39, 0.29) is 5.56 Å². The van der Waals surface area contributed by atoms with Gasteiger partial charge in [-0.2, -0.15) is 17.7 Å². The highest BCUT2D eigenvalue weighted by Gasteiger charge is 2.09. The number of nitrogens with zero attached hydrogens (tertiary/aromatic N) is 2. The maximum absolute atomic E-state index is 11.8. The smallest absolute Gasteiger partial charge is 0.267 e. The number of aryl methyl sites for hydroxylation is 1. The molecule has 0 saturated heterocycles. The van der Waals surface area contributed by atoms with Crippen LogP contribution >= 0.6 is 12.6 Å². The molecule has 0 N–H and O–H groups in total. The summed E-state index contributed by atoms with van der Waals surface area (Å²) in [5, 5.41) is 4.34. The van der Waals surface area contributed by atoms with E-state index in [0.29, 0.717) is 18.2 Å². The molecule has 4 heteroatoms. The Morgan fingerprint density at radius 2 is 2.20 bits per heavy atom. The van der Waals surface area contributed by atoms with Crippen molar-refractivity contribution in [1.29, 1.82) is 0 Å². The number of aromatic nitrogens is 2. The average Bonchev–Trinajstić information content (AvgIpc) is 2.21. The first-order valence-corrected chi connectivity index (χ1v) is 5.95. The molecule has 3 nitrogen and oxygen atoms in total. The SMILES string of the molecule is CCCn1nc(C(C)C)cc(CS)c1=O. The fraction of sp³-hybridized carbons (Fsp3) is 0.636. The Morgan fingerprint density at radius 1 is 1.53 bits per heavy atom. The zero-order chi connectivity index (χ0) is 11.4. The third kappa shape index (κ3) is 2.84. The molecule has 0 saturated carbocycles. The normalized spacial score (nSPS) is 11.0. The maximum atomic E-state index is 11.8. The second kappa shape index (κ2) is 5.35. The summed E-state index contributed by atoms with van der Waals surface area (Å²) in [5.41, 5.74) is 1.70. The monoisotopic (exact) mass is 226 g/mol. The van der Waals surface area contributed by atoms with E-state index in [1.54, 1.807) is 4.68 Å². The number of thiol groups is 1. The maximum Gasteiger partial charge on any atom is 0.270 e. The summed E-state index contributed by atoms with van der Waals surface area (Å²) in [6, 6.07) is 1.87. The lowest BCUT2D eigenvalue weighted by Gasteiger charge is -2.10. The highest BCUT2D eigenvalue weighted by atomic mass is 32.1. The molecule has 0 aliphatic heterocycles. The summed E-state index contributed by atoms with van der Waals surface area (Å²) in [7, 11) is 0. The Morgan fingerprint density at radius 3 is 2.67 bits per heavy atom. The molecule has 0 atom stereocenters. The minimum atomic E-state index is -0.00347. The van der Waals surface area contributed by atoms with Gasteiger partial charge in [0.25, 0.3) is 5.56 Å². The number of rotatable bonds is 4. The first-order chi connectivity index (χ1) is 7.10. The van der Waals surface area contributed by atoms with Crippen LogP contribution in [0.25, 0.3) is 0 Å². The molecule has 0 aliphatic carbocycles. The molecule has 15 heavy (non-hydrogen) atoms. The van der Waals surface area contributed by atoms with Gasteiger partial charge in [0, 0.05) is 17.9 Å². The molecule has 0 bridgehead atoms. The Balaban J connectivity index is 3.25. The Hall–Kier alpha value is -0.770. The topological polar surface area (TPSA) is 34.9 Å². The molecule has 1 heterocycles. The first kappa shape index (κ1) is 12.3. The molecule has 0 amide bonds. The zero-order valence-corrected chi connectivity index (χ0v) is 10.4. The van der Waals surface area contributed by atoms with Crippen LogP contribution in [0.1, 0.15) is 44.4 Å². The van der Waals surface area contributed by atoms with Gasteiger partial charge in [-0.05, 0) is 18.4 Å². The molecule has 0 aliphatic rings. The van der Waals surface area contributed by atoms with E-state index >= 15 is 0 Å².